The van der Waals surface area contributed by atoms with Crippen molar-refractivity contribution in [2.24, 2.45) is 0 Å². The zero-order valence-electron chi connectivity index (χ0n) is 14.1. The molecule has 0 bridgehead atoms. The number of morpholine rings is 1. The lowest BCUT2D eigenvalue weighted by atomic mass is 10.1. The van der Waals surface area contributed by atoms with Crippen LogP contribution in [0, 0.1) is 13.8 Å². The molecule has 122 valence electrons. The van der Waals surface area contributed by atoms with Crippen LogP contribution < -0.4 is 10.2 Å². The van der Waals surface area contributed by atoms with Gasteiger partial charge in [-0.3, -0.25) is 0 Å². The van der Waals surface area contributed by atoms with Gasteiger partial charge in [0, 0.05) is 30.5 Å². The van der Waals surface area contributed by atoms with Gasteiger partial charge in [-0.15, -0.1) is 0 Å². The van der Waals surface area contributed by atoms with Crippen LogP contribution in [0.25, 0.3) is 0 Å². The lowest BCUT2D eigenvalue weighted by molar-refractivity contribution is 0.122. The first-order valence-electron chi connectivity index (χ1n) is 8.21. The highest BCUT2D eigenvalue weighted by molar-refractivity contribution is 5.64. The first-order valence-corrected chi connectivity index (χ1v) is 8.21. The third-order valence-electron chi connectivity index (χ3n) is 4.15. The van der Waals surface area contributed by atoms with Crippen LogP contribution in [0.2, 0.25) is 0 Å². The number of para-hydroxylation sites is 1. The van der Waals surface area contributed by atoms with E-state index >= 15 is 0 Å². The summed E-state index contributed by atoms with van der Waals surface area (Å²) in [4.78, 5) is 11.5. The van der Waals surface area contributed by atoms with Crippen LogP contribution in [-0.2, 0) is 11.2 Å². The first kappa shape index (κ1) is 15.7. The van der Waals surface area contributed by atoms with Crippen LogP contribution in [0.3, 0.4) is 0 Å². The first-order chi connectivity index (χ1) is 11.2. The molecular weight excluding hydrogens is 288 g/mol. The summed E-state index contributed by atoms with van der Waals surface area (Å²) in [6.45, 7) is 9.54. The van der Waals surface area contributed by atoms with E-state index in [1.807, 2.05) is 13.0 Å². The summed E-state index contributed by atoms with van der Waals surface area (Å²) in [5.74, 6) is 1.63. The van der Waals surface area contributed by atoms with Gasteiger partial charge in [-0.05, 0) is 31.4 Å². The molecule has 0 aliphatic carbocycles. The largest absolute Gasteiger partial charge is 0.378 e. The van der Waals surface area contributed by atoms with Gasteiger partial charge in [0.2, 0.25) is 5.95 Å². The van der Waals surface area contributed by atoms with Gasteiger partial charge in [0.1, 0.15) is 5.82 Å². The van der Waals surface area contributed by atoms with Crippen LogP contribution in [-0.4, -0.2) is 36.3 Å². The van der Waals surface area contributed by atoms with Gasteiger partial charge < -0.3 is 15.0 Å². The Labute approximate surface area is 137 Å². The number of nitrogens with one attached hydrogen (secondary N) is 1. The molecule has 0 saturated carbocycles. The molecule has 1 saturated heterocycles. The highest BCUT2D eigenvalue weighted by atomic mass is 16.5. The fraction of sp³-hybridized carbons (Fsp3) is 0.444. The molecule has 23 heavy (non-hydrogen) atoms. The molecule has 0 unspecified atom stereocenters. The van der Waals surface area contributed by atoms with Crippen molar-refractivity contribution in [3.63, 3.8) is 0 Å². The number of hydrogen-bond acceptors (Lipinski definition) is 5. The second-order valence-corrected chi connectivity index (χ2v) is 5.88. The maximum atomic E-state index is 5.42. The van der Waals surface area contributed by atoms with Crippen LogP contribution >= 0.6 is 0 Å². The van der Waals surface area contributed by atoms with Crippen LogP contribution in [0.5, 0.6) is 0 Å². The summed E-state index contributed by atoms with van der Waals surface area (Å²) in [7, 11) is 0. The summed E-state index contributed by atoms with van der Waals surface area (Å²) in [5, 5.41) is 3.43. The van der Waals surface area contributed by atoms with Crippen molar-refractivity contribution in [3.8, 4) is 0 Å². The topological polar surface area (TPSA) is 50.3 Å². The Morgan fingerprint density at radius 1 is 1.17 bits per heavy atom. The van der Waals surface area contributed by atoms with E-state index in [1.165, 1.54) is 11.1 Å². The molecule has 2 heterocycles. The average Bonchev–Trinajstić information content (AvgIpc) is 2.57. The molecule has 1 aromatic carbocycles. The molecule has 0 atom stereocenters. The van der Waals surface area contributed by atoms with Gasteiger partial charge in [0.25, 0.3) is 0 Å². The second kappa shape index (κ2) is 6.96. The SMILES string of the molecule is CCc1cccc(C)c1Nc1nc(C)cc(N2CCOCC2)n1. The van der Waals surface area contributed by atoms with E-state index < -0.39 is 0 Å². The van der Waals surface area contributed by atoms with E-state index in [-0.39, 0.29) is 0 Å². The second-order valence-electron chi connectivity index (χ2n) is 5.88. The normalized spacial score (nSPS) is 14.8. The average molecular weight is 312 g/mol. The molecule has 1 aliphatic heterocycles. The van der Waals surface area contributed by atoms with E-state index in [4.69, 9.17) is 9.72 Å². The molecule has 2 aromatic rings. The van der Waals surface area contributed by atoms with Crippen molar-refractivity contribution in [2.75, 3.05) is 36.5 Å². The Bertz CT molecular complexity index is 681. The number of ether oxygens (including phenoxy) is 1. The molecule has 3 rings (SSSR count). The zero-order valence-corrected chi connectivity index (χ0v) is 14.1. The van der Waals surface area contributed by atoms with Crippen molar-refractivity contribution >= 4 is 17.5 Å². The molecule has 0 amide bonds. The van der Waals surface area contributed by atoms with Gasteiger partial charge in [-0.2, -0.15) is 4.98 Å². The monoisotopic (exact) mass is 312 g/mol. The Morgan fingerprint density at radius 2 is 1.96 bits per heavy atom. The predicted octanol–water partition coefficient (Wildman–Crippen LogP) is 3.24. The molecule has 1 N–H and O–H groups in total. The fourth-order valence-electron chi connectivity index (χ4n) is 2.88. The van der Waals surface area contributed by atoms with E-state index in [0.29, 0.717) is 5.95 Å². The van der Waals surface area contributed by atoms with Crippen LogP contribution in [0.1, 0.15) is 23.7 Å². The minimum Gasteiger partial charge on any atom is -0.378 e. The number of hydrogen-bond donors (Lipinski definition) is 1. The van der Waals surface area contributed by atoms with E-state index in [0.717, 1.165) is 49.9 Å². The van der Waals surface area contributed by atoms with Crippen molar-refractivity contribution < 1.29 is 4.74 Å². The number of nitrogens with zero attached hydrogens (tertiary/aromatic N) is 3. The van der Waals surface area contributed by atoms with Crippen LogP contribution in [0.15, 0.2) is 24.3 Å². The van der Waals surface area contributed by atoms with E-state index in [2.05, 4.69) is 47.2 Å². The van der Waals surface area contributed by atoms with E-state index in [1.54, 1.807) is 0 Å². The molecule has 0 spiro atoms. The number of aryl methyl sites for hydroxylation is 3. The zero-order chi connectivity index (χ0) is 16.2. The lowest BCUT2D eigenvalue weighted by Gasteiger charge is -2.28. The number of anilines is 3. The van der Waals surface area contributed by atoms with E-state index in [9.17, 15) is 0 Å². The maximum Gasteiger partial charge on any atom is 0.229 e. The molecule has 5 heteroatoms. The predicted molar refractivity (Wildman–Crippen MR) is 93.6 cm³/mol. The Hall–Kier alpha value is -2.14. The quantitative estimate of drug-likeness (QED) is 0.939. The molecular formula is C18H24N4O. The summed E-state index contributed by atoms with van der Waals surface area (Å²) in [5.41, 5.74) is 4.58. The number of rotatable bonds is 4. The van der Waals surface area contributed by atoms with Gasteiger partial charge in [0.15, 0.2) is 0 Å². The minimum atomic E-state index is 0.662. The van der Waals surface area contributed by atoms with Crippen molar-refractivity contribution in [1.29, 1.82) is 0 Å². The Kier molecular flexibility index (Phi) is 4.76. The lowest BCUT2D eigenvalue weighted by Crippen LogP contribution is -2.36. The third kappa shape index (κ3) is 3.62. The van der Waals surface area contributed by atoms with Crippen molar-refractivity contribution in [2.45, 2.75) is 27.2 Å². The molecule has 1 aromatic heterocycles. The highest BCUT2D eigenvalue weighted by Crippen LogP contribution is 2.25. The van der Waals surface area contributed by atoms with Crippen LogP contribution in [0.4, 0.5) is 17.5 Å². The minimum absolute atomic E-state index is 0.662. The highest BCUT2D eigenvalue weighted by Gasteiger charge is 2.15. The standard InChI is InChI=1S/C18H24N4O/c1-4-15-7-5-6-13(2)17(15)21-18-19-14(3)12-16(20-18)22-8-10-23-11-9-22/h5-7,12H,4,8-11H2,1-3H3,(H,19,20,21). The van der Waals surface area contributed by atoms with Gasteiger partial charge in [0.05, 0.1) is 13.2 Å². The maximum absolute atomic E-state index is 5.42. The molecule has 0 radical (unpaired) electrons. The summed E-state index contributed by atoms with van der Waals surface area (Å²) < 4.78 is 5.42. The summed E-state index contributed by atoms with van der Waals surface area (Å²) in [6, 6.07) is 8.39. The van der Waals surface area contributed by atoms with Gasteiger partial charge in [-0.1, -0.05) is 25.1 Å². The van der Waals surface area contributed by atoms with Crippen molar-refractivity contribution in [3.05, 3.63) is 41.1 Å². The Balaban J connectivity index is 1.90. The summed E-state index contributed by atoms with van der Waals surface area (Å²) in [6.07, 6.45) is 0.978. The van der Waals surface area contributed by atoms with Gasteiger partial charge >= 0.3 is 0 Å². The number of benzene rings is 1. The number of aromatic nitrogens is 2. The smallest absolute Gasteiger partial charge is 0.229 e. The Morgan fingerprint density at radius 3 is 2.70 bits per heavy atom. The van der Waals surface area contributed by atoms with Gasteiger partial charge in [-0.25, -0.2) is 4.98 Å². The molecule has 1 aliphatic rings. The van der Waals surface area contributed by atoms with Crippen molar-refractivity contribution in [1.82, 2.24) is 9.97 Å². The fourth-order valence-corrected chi connectivity index (χ4v) is 2.88. The molecule has 1 fully saturated rings. The third-order valence-corrected chi connectivity index (χ3v) is 4.15. The summed E-state index contributed by atoms with van der Waals surface area (Å²) >= 11 is 0. The molecule has 5 nitrogen and oxygen atoms in total.